The summed E-state index contributed by atoms with van der Waals surface area (Å²) in [7, 11) is 2.10. The first kappa shape index (κ1) is 16.4. The number of nitrogens with one attached hydrogen (secondary N) is 1. The highest BCUT2D eigenvalue weighted by atomic mass is 16.5. The second-order valence-electron chi connectivity index (χ2n) is 6.29. The Kier molecular flexibility index (Phi) is 7.08. The van der Waals surface area contributed by atoms with Crippen LogP contribution in [0.1, 0.15) is 69.9 Å². The summed E-state index contributed by atoms with van der Waals surface area (Å²) in [5.74, 6) is 1.77. The SMILES string of the molecule is CCCOc1ccc(C(NC)C2CCCCCCC2)cc1. The van der Waals surface area contributed by atoms with E-state index in [9.17, 15) is 0 Å². The fraction of sp³-hybridized carbons (Fsp3) is 0.684. The first-order chi connectivity index (χ1) is 10.3. The van der Waals surface area contributed by atoms with Crippen LogP contribution in [0.3, 0.4) is 0 Å². The van der Waals surface area contributed by atoms with Crippen molar-refractivity contribution in [2.45, 2.75) is 64.3 Å². The average Bonchev–Trinajstić information content (AvgIpc) is 2.49. The molecule has 0 radical (unpaired) electrons. The lowest BCUT2D eigenvalue weighted by Gasteiger charge is -2.29. The lowest BCUT2D eigenvalue weighted by atomic mass is 9.83. The number of ether oxygens (including phenoxy) is 1. The Morgan fingerprint density at radius 3 is 2.24 bits per heavy atom. The van der Waals surface area contributed by atoms with Gasteiger partial charge in [-0.3, -0.25) is 0 Å². The minimum Gasteiger partial charge on any atom is -0.494 e. The lowest BCUT2D eigenvalue weighted by Crippen LogP contribution is -2.26. The molecule has 0 spiro atoms. The molecule has 1 fully saturated rings. The first-order valence-corrected chi connectivity index (χ1v) is 8.75. The Labute approximate surface area is 130 Å². The van der Waals surface area contributed by atoms with Gasteiger partial charge in [0.1, 0.15) is 5.75 Å². The minimum atomic E-state index is 0.489. The van der Waals surface area contributed by atoms with Gasteiger partial charge in [0.05, 0.1) is 6.61 Å². The zero-order valence-electron chi connectivity index (χ0n) is 13.7. The van der Waals surface area contributed by atoms with E-state index in [2.05, 4.69) is 43.6 Å². The third kappa shape index (κ3) is 5.03. The van der Waals surface area contributed by atoms with Crippen molar-refractivity contribution in [1.82, 2.24) is 5.32 Å². The molecule has 1 N–H and O–H groups in total. The lowest BCUT2D eigenvalue weighted by molar-refractivity contribution is 0.298. The Bertz CT molecular complexity index is 379. The van der Waals surface area contributed by atoms with Gasteiger partial charge < -0.3 is 10.1 Å². The zero-order chi connectivity index (χ0) is 14.9. The summed E-state index contributed by atoms with van der Waals surface area (Å²) >= 11 is 0. The molecule has 1 aromatic rings. The molecule has 1 aliphatic rings. The van der Waals surface area contributed by atoms with Crippen molar-refractivity contribution in [2.75, 3.05) is 13.7 Å². The van der Waals surface area contributed by atoms with Crippen LogP contribution in [0.2, 0.25) is 0 Å². The van der Waals surface area contributed by atoms with E-state index in [1.165, 1.54) is 50.5 Å². The molecule has 21 heavy (non-hydrogen) atoms. The Morgan fingerprint density at radius 1 is 1.05 bits per heavy atom. The van der Waals surface area contributed by atoms with Gasteiger partial charge in [-0.25, -0.2) is 0 Å². The van der Waals surface area contributed by atoms with Gasteiger partial charge in [-0.2, -0.15) is 0 Å². The average molecular weight is 289 g/mol. The molecular formula is C19H31NO. The van der Waals surface area contributed by atoms with Gasteiger partial charge in [-0.1, -0.05) is 51.2 Å². The molecule has 0 amide bonds. The molecule has 1 aliphatic carbocycles. The molecule has 2 nitrogen and oxygen atoms in total. The normalized spacial score (nSPS) is 18.8. The van der Waals surface area contributed by atoms with Crippen LogP contribution in [0.5, 0.6) is 5.75 Å². The Hall–Kier alpha value is -1.02. The van der Waals surface area contributed by atoms with E-state index in [1.807, 2.05) is 0 Å². The van der Waals surface area contributed by atoms with Gasteiger partial charge in [0.15, 0.2) is 0 Å². The summed E-state index contributed by atoms with van der Waals surface area (Å²) in [6, 6.07) is 9.22. The summed E-state index contributed by atoms with van der Waals surface area (Å²) in [5.41, 5.74) is 1.41. The van der Waals surface area contributed by atoms with E-state index in [4.69, 9.17) is 4.74 Å². The molecule has 2 rings (SSSR count). The quantitative estimate of drug-likeness (QED) is 0.787. The molecule has 118 valence electrons. The van der Waals surface area contributed by atoms with Crippen molar-refractivity contribution in [3.05, 3.63) is 29.8 Å². The highest BCUT2D eigenvalue weighted by molar-refractivity contribution is 5.29. The van der Waals surface area contributed by atoms with Crippen LogP contribution in [0, 0.1) is 5.92 Å². The molecular weight excluding hydrogens is 258 g/mol. The smallest absolute Gasteiger partial charge is 0.119 e. The summed E-state index contributed by atoms with van der Waals surface area (Å²) in [6.45, 7) is 2.94. The fourth-order valence-electron chi connectivity index (χ4n) is 3.49. The molecule has 1 unspecified atom stereocenters. The van der Waals surface area contributed by atoms with Crippen molar-refractivity contribution >= 4 is 0 Å². The van der Waals surface area contributed by atoms with Crippen LogP contribution in [0.4, 0.5) is 0 Å². The van der Waals surface area contributed by atoms with Crippen molar-refractivity contribution in [3.8, 4) is 5.75 Å². The molecule has 0 aliphatic heterocycles. The van der Waals surface area contributed by atoms with Gasteiger partial charge in [-0.05, 0) is 49.9 Å². The zero-order valence-corrected chi connectivity index (χ0v) is 13.7. The van der Waals surface area contributed by atoms with Crippen LogP contribution in [0.15, 0.2) is 24.3 Å². The highest BCUT2D eigenvalue weighted by Crippen LogP contribution is 2.33. The molecule has 0 bridgehead atoms. The Balaban J connectivity index is 2.01. The van der Waals surface area contributed by atoms with Crippen LogP contribution in [0.25, 0.3) is 0 Å². The first-order valence-electron chi connectivity index (χ1n) is 8.75. The van der Waals surface area contributed by atoms with E-state index in [-0.39, 0.29) is 0 Å². The predicted molar refractivity (Wildman–Crippen MR) is 89.8 cm³/mol. The van der Waals surface area contributed by atoms with Gasteiger partial charge in [0.2, 0.25) is 0 Å². The second-order valence-corrected chi connectivity index (χ2v) is 6.29. The molecule has 0 saturated heterocycles. The molecule has 1 atom stereocenters. The van der Waals surface area contributed by atoms with Crippen molar-refractivity contribution in [3.63, 3.8) is 0 Å². The van der Waals surface area contributed by atoms with E-state index >= 15 is 0 Å². The largest absolute Gasteiger partial charge is 0.494 e. The van der Waals surface area contributed by atoms with E-state index in [0.29, 0.717) is 6.04 Å². The van der Waals surface area contributed by atoms with Gasteiger partial charge in [0, 0.05) is 6.04 Å². The molecule has 2 heteroatoms. The summed E-state index contributed by atoms with van der Waals surface area (Å²) in [4.78, 5) is 0. The predicted octanol–water partition coefficient (Wildman–Crippen LogP) is 5.10. The maximum atomic E-state index is 5.69. The Morgan fingerprint density at radius 2 is 1.67 bits per heavy atom. The third-order valence-corrected chi connectivity index (χ3v) is 4.64. The second kappa shape index (κ2) is 9.09. The summed E-state index contributed by atoms with van der Waals surface area (Å²) in [5, 5.41) is 3.56. The molecule has 1 aromatic carbocycles. The van der Waals surface area contributed by atoms with Crippen LogP contribution in [-0.2, 0) is 0 Å². The van der Waals surface area contributed by atoms with Gasteiger partial charge in [0.25, 0.3) is 0 Å². The van der Waals surface area contributed by atoms with Crippen molar-refractivity contribution in [2.24, 2.45) is 5.92 Å². The fourth-order valence-corrected chi connectivity index (χ4v) is 3.49. The van der Waals surface area contributed by atoms with Gasteiger partial charge >= 0.3 is 0 Å². The van der Waals surface area contributed by atoms with E-state index < -0.39 is 0 Å². The third-order valence-electron chi connectivity index (χ3n) is 4.64. The monoisotopic (exact) mass is 289 g/mol. The van der Waals surface area contributed by atoms with E-state index in [0.717, 1.165) is 24.7 Å². The van der Waals surface area contributed by atoms with Crippen molar-refractivity contribution in [1.29, 1.82) is 0 Å². The summed E-state index contributed by atoms with van der Waals surface area (Å²) < 4.78 is 5.69. The summed E-state index contributed by atoms with van der Waals surface area (Å²) in [6.07, 6.45) is 10.8. The van der Waals surface area contributed by atoms with Gasteiger partial charge in [-0.15, -0.1) is 0 Å². The highest BCUT2D eigenvalue weighted by Gasteiger charge is 2.22. The number of hydrogen-bond acceptors (Lipinski definition) is 2. The topological polar surface area (TPSA) is 21.3 Å². The minimum absolute atomic E-state index is 0.489. The standard InChI is InChI=1S/C19H31NO/c1-3-15-21-18-13-11-17(12-14-18)19(20-2)16-9-7-5-4-6-8-10-16/h11-14,16,19-20H,3-10,15H2,1-2H3. The number of rotatable bonds is 6. The molecule has 1 saturated carbocycles. The molecule has 0 heterocycles. The van der Waals surface area contributed by atoms with Crippen LogP contribution >= 0.6 is 0 Å². The maximum Gasteiger partial charge on any atom is 0.119 e. The number of hydrogen-bond donors (Lipinski definition) is 1. The number of benzene rings is 1. The van der Waals surface area contributed by atoms with E-state index in [1.54, 1.807) is 0 Å². The van der Waals surface area contributed by atoms with Crippen LogP contribution in [-0.4, -0.2) is 13.7 Å². The molecule has 0 aromatic heterocycles. The van der Waals surface area contributed by atoms with Crippen molar-refractivity contribution < 1.29 is 4.74 Å². The maximum absolute atomic E-state index is 5.69. The van der Waals surface area contributed by atoms with Crippen LogP contribution < -0.4 is 10.1 Å².